The summed E-state index contributed by atoms with van der Waals surface area (Å²) in [5.41, 5.74) is 5.80. The minimum Gasteiger partial charge on any atom is -0.328 e. The van der Waals surface area contributed by atoms with Crippen molar-refractivity contribution in [2.75, 3.05) is 0 Å². The normalized spacial score (nSPS) is 15.7. The van der Waals surface area contributed by atoms with E-state index in [0.717, 1.165) is 5.92 Å². The van der Waals surface area contributed by atoms with E-state index in [0.29, 0.717) is 6.04 Å². The van der Waals surface area contributed by atoms with Gasteiger partial charge in [0.05, 0.1) is 0 Å². The summed E-state index contributed by atoms with van der Waals surface area (Å²) in [7, 11) is 0. The Kier molecular flexibility index (Phi) is 8.53. The lowest BCUT2D eigenvalue weighted by Crippen LogP contribution is -2.19. The standard InChI is InChI=1S/C12H27N/c1-4-6-7-8-9-12(5-2)10-11(3)13/h11-12H,4-10,13H2,1-3H3/t11?,12-/m0/s1. The lowest BCUT2D eigenvalue weighted by atomic mass is 9.92. The molecule has 0 rings (SSSR count). The van der Waals surface area contributed by atoms with E-state index < -0.39 is 0 Å². The van der Waals surface area contributed by atoms with Gasteiger partial charge in [-0.25, -0.2) is 0 Å². The predicted molar refractivity (Wildman–Crippen MR) is 60.8 cm³/mol. The van der Waals surface area contributed by atoms with Crippen molar-refractivity contribution in [3.63, 3.8) is 0 Å². The van der Waals surface area contributed by atoms with Gasteiger partial charge in [0.25, 0.3) is 0 Å². The highest BCUT2D eigenvalue weighted by molar-refractivity contribution is 4.63. The Balaban J connectivity index is 3.36. The SMILES string of the molecule is CCCCCC[C@H](CC)CC(C)N. The Morgan fingerprint density at radius 2 is 1.77 bits per heavy atom. The van der Waals surface area contributed by atoms with Crippen molar-refractivity contribution >= 4 is 0 Å². The topological polar surface area (TPSA) is 26.0 Å². The van der Waals surface area contributed by atoms with Crippen molar-refractivity contribution in [2.24, 2.45) is 11.7 Å². The number of hydrogen-bond acceptors (Lipinski definition) is 1. The maximum atomic E-state index is 5.80. The summed E-state index contributed by atoms with van der Waals surface area (Å²) in [6.45, 7) is 6.67. The first kappa shape index (κ1) is 13.0. The zero-order chi connectivity index (χ0) is 10.1. The van der Waals surface area contributed by atoms with Crippen LogP contribution in [0.25, 0.3) is 0 Å². The van der Waals surface area contributed by atoms with Crippen LogP contribution in [0, 0.1) is 5.92 Å². The third-order valence-electron chi connectivity index (χ3n) is 2.75. The second-order valence-electron chi connectivity index (χ2n) is 4.34. The fourth-order valence-electron chi connectivity index (χ4n) is 1.87. The molecule has 0 aliphatic rings. The monoisotopic (exact) mass is 185 g/mol. The maximum absolute atomic E-state index is 5.80. The molecule has 0 radical (unpaired) electrons. The molecule has 0 aliphatic carbocycles. The number of rotatable bonds is 8. The molecule has 0 aromatic heterocycles. The van der Waals surface area contributed by atoms with Gasteiger partial charge in [0.2, 0.25) is 0 Å². The third-order valence-corrected chi connectivity index (χ3v) is 2.75. The molecule has 80 valence electrons. The first-order valence-electron chi connectivity index (χ1n) is 5.96. The van der Waals surface area contributed by atoms with E-state index in [4.69, 9.17) is 5.73 Å². The molecule has 1 heteroatoms. The molecule has 0 bridgehead atoms. The van der Waals surface area contributed by atoms with Gasteiger partial charge >= 0.3 is 0 Å². The smallest absolute Gasteiger partial charge is 0.00131 e. The van der Waals surface area contributed by atoms with Crippen LogP contribution in [0.2, 0.25) is 0 Å². The molecule has 2 atom stereocenters. The fourth-order valence-corrected chi connectivity index (χ4v) is 1.87. The average molecular weight is 185 g/mol. The Labute approximate surface area is 84.1 Å². The molecule has 0 saturated carbocycles. The van der Waals surface area contributed by atoms with Gasteiger partial charge in [-0.05, 0) is 19.3 Å². The van der Waals surface area contributed by atoms with Gasteiger partial charge < -0.3 is 5.73 Å². The van der Waals surface area contributed by atoms with Crippen LogP contribution >= 0.6 is 0 Å². The van der Waals surface area contributed by atoms with Crippen LogP contribution in [-0.4, -0.2) is 6.04 Å². The Hall–Kier alpha value is -0.0400. The number of hydrogen-bond donors (Lipinski definition) is 1. The van der Waals surface area contributed by atoms with Gasteiger partial charge in [-0.3, -0.25) is 0 Å². The molecular weight excluding hydrogens is 158 g/mol. The van der Waals surface area contributed by atoms with Crippen molar-refractivity contribution in [3.8, 4) is 0 Å². The second kappa shape index (κ2) is 8.55. The molecule has 0 aliphatic heterocycles. The van der Waals surface area contributed by atoms with Gasteiger partial charge in [0.15, 0.2) is 0 Å². The van der Waals surface area contributed by atoms with Crippen LogP contribution in [0.5, 0.6) is 0 Å². The van der Waals surface area contributed by atoms with Crippen LogP contribution in [0.15, 0.2) is 0 Å². The van der Waals surface area contributed by atoms with Crippen molar-refractivity contribution in [1.82, 2.24) is 0 Å². The Morgan fingerprint density at radius 1 is 1.08 bits per heavy atom. The molecule has 1 nitrogen and oxygen atoms in total. The quantitative estimate of drug-likeness (QED) is 0.573. The molecular formula is C12H27N. The first-order chi connectivity index (χ1) is 6.20. The van der Waals surface area contributed by atoms with E-state index in [9.17, 15) is 0 Å². The van der Waals surface area contributed by atoms with Crippen LogP contribution < -0.4 is 5.73 Å². The van der Waals surface area contributed by atoms with Gasteiger partial charge in [0, 0.05) is 6.04 Å². The fraction of sp³-hybridized carbons (Fsp3) is 1.00. The van der Waals surface area contributed by atoms with E-state index >= 15 is 0 Å². The van der Waals surface area contributed by atoms with Gasteiger partial charge in [-0.15, -0.1) is 0 Å². The second-order valence-corrected chi connectivity index (χ2v) is 4.34. The van der Waals surface area contributed by atoms with E-state index in [1.54, 1.807) is 0 Å². The number of unbranched alkanes of at least 4 members (excludes halogenated alkanes) is 3. The van der Waals surface area contributed by atoms with Crippen LogP contribution in [-0.2, 0) is 0 Å². The largest absolute Gasteiger partial charge is 0.328 e. The van der Waals surface area contributed by atoms with Crippen LogP contribution in [0.1, 0.15) is 65.7 Å². The van der Waals surface area contributed by atoms with Gasteiger partial charge in [-0.2, -0.15) is 0 Å². The summed E-state index contributed by atoms with van der Waals surface area (Å²) in [4.78, 5) is 0. The van der Waals surface area contributed by atoms with E-state index in [1.165, 1.54) is 44.9 Å². The minimum absolute atomic E-state index is 0.385. The van der Waals surface area contributed by atoms with E-state index in [2.05, 4.69) is 20.8 Å². The van der Waals surface area contributed by atoms with Gasteiger partial charge in [-0.1, -0.05) is 52.4 Å². The van der Waals surface area contributed by atoms with Crippen molar-refractivity contribution in [2.45, 2.75) is 71.8 Å². The van der Waals surface area contributed by atoms with Crippen LogP contribution in [0.3, 0.4) is 0 Å². The maximum Gasteiger partial charge on any atom is 0.00131 e. The van der Waals surface area contributed by atoms with Crippen molar-refractivity contribution in [1.29, 1.82) is 0 Å². The minimum atomic E-state index is 0.385. The van der Waals surface area contributed by atoms with Crippen molar-refractivity contribution in [3.05, 3.63) is 0 Å². The van der Waals surface area contributed by atoms with E-state index in [1.807, 2.05) is 0 Å². The Morgan fingerprint density at radius 3 is 2.23 bits per heavy atom. The summed E-state index contributed by atoms with van der Waals surface area (Å²) in [5.74, 6) is 0.872. The molecule has 0 heterocycles. The molecule has 13 heavy (non-hydrogen) atoms. The van der Waals surface area contributed by atoms with Crippen LogP contribution in [0.4, 0.5) is 0 Å². The lowest BCUT2D eigenvalue weighted by Gasteiger charge is -2.16. The van der Waals surface area contributed by atoms with Gasteiger partial charge in [0.1, 0.15) is 0 Å². The summed E-state index contributed by atoms with van der Waals surface area (Å²) in [6.07, 6.45) is 9.44. The first-order valence-corrected chi connectivity index (χ1v) is 5.96. The highest BCUT2D eigenvalue weighted by atomic mass is 14.6. The molecule has 2 N–H and O–H groups in total. The molecule has 0 amide bonds. The summed E-state index contributed by atoms with van der Waals surface area (Å²) >= 11 is 0. The summed E-state index contributed by atoms with van der Waals surface area (Å²) in [5, 5.41) is 0. The summed E-state index contributed by atoms with van der Waals surface area (Å²) in [6, 6.07) is 0.385. The highest BCUT2D eigenvalue weighted by Gasteiger charge is 2.07. The third kappa shape index (κ3) is 8.29. The predicted octanol–water partition coefficient (Wildman–Crippen LogP) is 3.72. The molecule has 0 spiro atoms. The zero-order valence-electron chi connectivity index (χ0n) is 9.68. The average Bonchev–Trinajstić information content (AvgIpc) is 2.09. The Bertz CT molecular complexity index is 99.3. The molecule has 0 saturated heterocycles. The number of nitrogens with two attached hydrogens (primary N) is 1. The molecule has 0 aromatic carbocycles. The van der Waals surface area contributed by atoms with Crippen molar-refractivity contribution < 1.29 is 0 Å². The lowest BCUT2D eigenvalue weighted by molar-refractivity contribution is 0.388. The molecule has 1 unspecified atom stereocenters. The molecule has 0 aromatic rings. The zero-order valence-corrected chi connectivity index (χ0v) is 9.68. The highest BCUT2D eigenvalue weighted by Crippen LogP contribution is 2.18. The summed E-state index contributed by atoms with van der Waals surface area (Å²) < 4.78 is 0. The molecule has 0 fully saturated rings. The van der Waals surface area contributed by atoms with E-state index in [-0.39, 0.29) is 0 Å².